The SMILES string of the molecule is O=P(O)(O)OCCCCl. The standard InChI is InChI=1S/C3H8ClO4P/c4-2-1-3-8-9(5,6)7/h1-3H2,(H2,5,6,7). The minimum atomic E-state index is -4.25. The lowest BCUT2D eigenvalue weighted by atomic mass is 10.5. The van der Waals surface area contributed by atoms with Crippen LogP contribution in [0.1, 0.15) is 6.42 Å². The van der Waals surface area contributed by atoms with E-state index in [1.165, 1.54) is 0 Å². The molecule has 2 N–H and O–H groups in total. The van der Waals surface area contributed by atoms with Gasteiger partial charge in [0.2, 0.25) is 0 Å². The number of hydrogen-bond donors (Lipinski definition) is 2. The molecule has 0 amide bonds. The second-order valence-corrected chi connectivity index (χ2v) is 2.98. The highest BCUT2D eigenvalue weighted by molar-refractivity contribution is 7.46. The highest BCUT2D eigenvalue weighted by atomic mass is 35.5. The Hall–Kier alpha value is 0.400. The molecule has 6 heteroatoms. The van der Waals surface area contributed by atoms with Crippen molar-refractivity contribution >= 4 is 19.4 Å². The fourth-order valence-electron chi connectivity index (χ4n) is 0.238. The van der Waals surface area contributed by atoms with Gasteiger partial charge in [-0.15, -0.1) is 11.6 Å². The average molecular weight is 175 g/mol. The molecule has 0 unspecified atom stereocenters. The quantitative estimate of drug-likeness (QED) is 0.375. The fraction of sp³-hybridized carbons (Fsp3) is 1.00. The molecule has 0 aliphatic heterocycles. The van der Waals surface area contributed by atoms with Gasteiger partial charge in [0.05, 0.1) is 6.61 Å². The van der Waals surface area contributed by atoms with Crippen LogP contribution < -0.4 is 0 Å². The van der Waals surface area contributed by atoms with Gasteiger partial charge in [0.15, 0.2) is 0 Å². The first-order valence-electron chi connectivity index (χ1n) is 2.32. The summed E-state index contributed by atoms with van der Waals surface area (Å²) < 4.78 is 14.0. The zero-order valence-electron chi connectivity index (χ0n) is 4.66. The van der Waals surface area contributed by atoms with Gasteiger partial charge in [0.1, 0.15) is 0 Å². The van der Waals surface area contributed by atoms with Crippen molar-refractivity contribution in [2.75, 3.05) is 12.5 Å². The van der Waals surface area contributed by atoms with Gasteiger partial charge in [-0.2, -0.15) is 0 Å². The summed E-state index contributed by atoms with van der Waals surface area (Å²) in [6.45, 7) is 0.00772. The number of phosphoric acid groups is 1. The Morgan fingerprint density at radius 1 is 1.56 bits per heavy atom. The van der Waals surface area contributed by atoms with Gasteiger partial charge >= 0.3 is 7.82 Å². The minimum Gasteiger partial charge on any atom is -0.303 e. The summed E-state index contributed by atoms with van der Waals surface area (Å²) in [6, 6.07) is 0. The smallest absolute Gasteiger partial charge is 0.303 e. The summed E-state index contributed by atoms with van der Waals surface area (Å²) in [4.78, 5) is 16.2. The van der Waals surface area contributed by atoms with E-state index >= 15 is 0 Å². The van der Waals surface area contributed by atoms with E-state index in [1.54, 1.807) is 0 Å². The van der Waals surface area contributed by atoms with Gasteiger partial charge in [0, 0.05) is 5.88 Å². The van der Waals surface area contributed by atoms with Crippen LogP contribution in [0.4, 0.5) is 0 Å². The van der Waals surface area contributed by atoms with Gasteiger partial charge in [-0.05, 0) is 6.42 Å². The Morgan fingerprint density at radius 2 is 2.11 bits per heavy atom. The summed E-state index contributed by atoms with van der Waals surface area (Å²) >= 11 is 5.20. The first-order valence-corrected chi connectivity index (χ1v) is 4.39. The van der Waals surface area contributed by atoms with Crippen LogP contribution in [0.5, 0.6) is 0 Å². The number of hydrogen-bond acceptors (Lipinski definition) is 2. The van der Waals surface area contributed by atoms with Crippen molar-refractivity contribution < 1.29 is 18.9 Å². The van der Waals surface area contributed by atoms with Crippen molar-refractivity contribution in [3.8, 4) is 0 Å². The lowest BCUT2D eigenvalue weighted by Gasteiger charge is -2.01. The number of halogens is 1. The molecule has 56 valence electrons. The van der Waals surface area contributed by atoms with Crippen molar-refractivity contribution in [1.82, 2.24) is 0 Å². The van der Waals surface area contributed by atoms with E-state index in [0.29, 0.717) is 12.3 Å². The van der Waals surface area contributed by atoms with Gasteiger partial charge in [-0.3, -0.25) is 4.52 Å². The third-order valence-electron chi connectivity index (χ3n) is 0.537. The van der Waals surface area contributed by atoms with Crippen molar-refractivity contribution in [3.63, 3.8) is 0 Å². The molecule has 0 bridgehead atoms. The molecular formula is C3H8ClO4P. The molecular weight excluding hydrogens is 166 g/mol. The number of alkyl halides is 1. The van der Waals surface area contributed by atoms with Crippen LogP contribution in [0.3, 0.4) is 0 Å². The maximum Gasteiger partial charge on any atom is 0.469 e. The Balaban J connectivity index is 3.18. The Kier molecular flexibility index (Phi) is 4.44. The fourth-order valence-corrected chi connectivity index (χ4v) is 0.714. The van der Waals surface area contributed by atoms with Gasteiger partial charge < -0.3 is 9.79 Å². The summed E-state index contributed by atoms with van der Waals surface area (Å²) in [5, 5.41) is 0. The van der Waals surface area contributed by atoms with Crippen LogP contribution >= 0.6 is 19.4 Å². The van der Waals surface area contributed by atoms with Crippen LogP contribution in [0, 0.1) is 0 Å². The normalized spacial score (nSPS) is 11.9. The molecule has 0 radical (unpaired) electrons. The third-order valence-corrected chi connectivity index (χ3v) is 1.32. The van der Waals surface area contributed by atoms with E-state index in [0.717, 1.165) is 0 Å². The average Bonchev–Trinajstić information content (AvgIpc) is 1.63. The van der Waals surface area contributed by atoms with Gasteiger partial charge in [0.25, 0.3) is 0 Å². The Labute approximate surface area is 58.0 Å². The Bertz CT molecular complexity index is 110. The third kappa shape index (κ3) is 8.40. The number of rotatable bonds is 4. The largest absolute Gasteiger partial charge is 0.469 e. The molecule has 0 spiro atoms. The van der Waals surface area contributed by atoms with Crippen LogP contribution in [0.2, 0.25) is 0 Å². The van der Waals surface area contributed by atoms with Crippen LogP contribution in [0.15, 0.2) is 0 Å². The first-order chi connectivity index (χ1) is 4.06. The highest BCUT2D eigenvalue weighted by Gasteiger charge is 2.11. The van der Waals surface area contributed by atoms with Crippen molar-refractivity contribution in [3.05, 3.63) is 0 Å². The molecule has 0 atom stereocenters. The predicted molar refractivity (Wildman–Crippen MR) is 33.3 cm³/mol. The monoisotopic (exact) mass is 174 g/mol. The van der Waals surface area contributed by atoms with E-state index in [2.05, 4.69) is 4.52 Å². The topological polar surface area (TPSA) is 66.8 Å². The molecule has 4 nitrogen and oxygen atoms in total. The molecule has 0 aromatic carbocycles. The first kappa shape index (κ1) is 9.40. The lowest BCUT2D eigenvalue weighted by Crippen LogP contribution is -1.91. The molecule has 0 aliphatic rings. The maximum absolute atomic E-state index is 9.94. The lowest BCUT2D eigenvalue weighted by molar-refractivity contribution is 0.198. The van der Waals surface area contributed by atoms with Crippen LogP contribution in [-0.2, 0) is 9.09 Å². The predicted octanol–water partition coefficient (Wildman–Crippen LogP) is 0.725. The molecule has 0 aromatic heterocycles. The molecule has 9 heavy (non-hydrogen) atoms. The van der Waals surface area contributed by atoms with Crippen molar-refractivity contribution in [1.29, 1.82) is 0 Å². The van der Waals surface area contributed by atoms with Crippen LogP contribution in [-0.4, -0.2) is 22.3 Å². The van der Waals surface area contributed by atoms with Crippen molar-refractivity contribution in [2.45, 2.75) is 6.42 Å². The van der Waals surface area contributed by atoms with E-state index in [-0.39, 0.29) is 6.61 Å². The Morgan fingerprint density at radius 3 is 2.44 bits per heavy atom. The van der Waals surface area contributed by atoms with Gasteiger partial charge in [-0.25, -0.2) is 4.57 Å². The summed E-state index contributed by atoms with van der Waals surface area (Å²) in [5.74, 6) is 0.347. The molecule has 0 fully saturated rings. The zero-order valence-corrected chi connectivity index (χ0v) is 6.31. The zero-order chi connectivity index (χ0) is 7.33. The summed E-state index contributed by atoms with van der Waals surface area (Å²) in [5.41, 5.74) is 0. The van der Waals surface area contributed by atoms with Crippen LogP contribution in [0.25, 0.3) is 0 Å². The van der Waals surface area contributed by atoms with E-state index in [4.69, 9.17) is 21.4 Å². The van der Waals surface area contributed by atoms with Crippen molar-refractivity contribution in [2.24, 2.45) is 0 Å². The molecule has 0 heterocycles. The molecule has 0 saturated heterocycles. The van der Waals surface area contributed by atoms with E-state index in [9.17, 15) is 4.57 Å². The molecule has 0 rings (SSSR count). The van der Waals surface area contributed by atoms with E-state index < -0.39 is 7.82 Å². The molecule has 0 saturated carbocycles. The minimum absolute atomic E-state index is 0.00772. The summed E-state index contributed by atoms with van der Waals surface area (Å²) in [6.07, 6.45) is 0.451. The van der Waals surface area contributed by atoms with E-state index in [1.807, 2.05) is 0 Å². The summed E-state index contributed by atoms with van der Waals surface area (Å²) in [7, 11) is -4.25. The maximum atomic E-state index is 9.94. The second kappa shape index (κ2) is 4.25. The molecule has 0 aromatic rings. The second-order valence-electron chi connectivity index (χ2n) is 1.37. The number of phosphoric ester groups is 1. The highest BCUT2D eigenvalue weighted by Crippen LogP contribution is 2.35. The van der Waals surface area contributed by atoms with Gasteiger partial charge in [-0.1, -0.05) is 0 Å². The molecule has 0 aliphatic carbocycles.